The van der Waals surface area contributed by atoms with Crippen LogP contribution in [0, 0.1) is 0 Å². The van der Waals surface area contributed by atoms with Gasteiger partial charge in [0.05, 0.1) is 33.0 Å². The number of carbonyl (C=O) groups is 1. The zero-order chi connectivity index (χ0) is 24.9. The Morgan fingerprint density at radius 3 is 2.53 bits per heavy atom. The van der Waals surface area contributed by atoms with E-state index in [1.54, 1.807) is 24.3 Å². The lowest BCUT2D eigenvalue weighted by Gasteiger charge is -2.34. The third-order valence-corrected chi connectivity index (χ3v) is 9.10. The van der Waals surface area contributed by atoms with E-state index in [1.165, 1.54) is 11.3 Å². The molecule has 2 saturated carbocycles. The van der Waals surface area contributed by atoms with E-state index in [0.29, 0.717) is 70.1 Å². The molecule has 0 spiro atoms. The number of carbonyl (C=O) groups excluding carboxylic acids is 1. The maximum Gasteiger partial charge on any atom is 0.151 e. The quantitative estimate of drug-likeness (QED) is 0.246. The van der Waals surface area contributed by atoms with Gasteiger partial charge in [-0.05, 0) is 56.7 Å². The summed E-state index contributed by atoms with van der Waals surface area (Å²) in [5.41, 5.74) is 2.54. The summed E-state index contributed by atoms with van der Waals surface area (Å²) in [7, 11) is 0. The van der Waals surface area contributed by atoms with Crippen molar-refractivity contribution in [1.82, 2.24) is 10.1 Å². The van der Waals surface area contributed by atoms with E-state index in [2.05, 4.69) is 10.1 Å². The van der Waals surface area contributed by atoms with Gasteiger partial charge in [-0.2, -0.15) is 0 Å². The van der Waals surface area contributed by atoms with E-state index >= 15 is 0 Å². The number of aldehydes is 1. The maximum absolute atomic E-state index is 11.4. The van der Waals surface area contributed by atoms with E-state index in [0.717, 1.165) is 40.7 Å². The topological polar surface area (TPSA) is 85.5 Å². The number of fused-ring (bicyclic) bond motifs is 1. The summed E-state index contributed by atoms with van der Waals surface area (Å²) in [5, 5.41) is 17.5. The molecule has 2 aromatic carbocycles. The van der Waals surface area contributed by atoms with Crippen molar-refractivity contribution in [3.63, 3.8) is 0 Å². The third kappa shape index (κ3) is 4.37. The molecule has 1 N–H and O–H groups in total. The molecule has 2 aliphatic rings. The summed E-state index contributed by atoms with van der Waals surface area (Å²) in [6.07, 6.45) is 5.43. The highest BCUT2D eigenvalue weighted by Gasteiger charge is 2.39. The average Bonchev–Trinajstić information content (AvgIpc) is 3.48. The van der Waals surface area contributed by atoms with Crippen molar-refractivity contribution in [3.8, 4) is 11.3 Å². The molecule has 4 aromatic rings. The second kappa shape index (κ2) is 9.54. The Balaban J connectivity index is 1.18. The molecule has 36 heavy (non-hydrogen) atoms. The van der Waals surface area contributed by atoms with Gasteiger partial charge in [-0.15, -0.1) is 11.3 Å². The van der Waals surface area contributed by atoms with Gasteiger partial charge in [0, 0.05) is 22.6 Å². The van der Waals surface area contributed by atoms with Crippen LogP contribution >= 0.6 is 34.5 Å². The predicted octanol–water partition coefficient (Wildman–Crippen LogP) is 7.30. The highest BCUT2D eigenvalue weighted by Crippen LogP contribution is 2.47. The van der Waals surface area contributed by atoms with Gasteiger partial charge < -0.3 is 14.4 Å². The minimum atomic E-state index is -1.02. The Labute approximate surface area is 222 Å². The first kappa shape index (κ1) is 24.1. The molecule has 2 aromatic heterocycles. The monoisotopic (exact) mass is 542 g/mol. The first-order valence-corrected chi connectivity index (χ1v) is 13.7. The Hall–Kier alpha value is -2.29. The second-order valence-electron chi connectivity index (χ2n) is 9.62. The smallest absolute Gasteiger partial charge is 0.151 e. The van der Waals surface area contributed by atoms with Crippen LogP contribution in [-0.4, -0.2) is 27.6 Å². The molecule has 9 heteroatoms. The van der Waals surface area contributed by atoms with E-state index < -0.39 is 5.60 Å². The summed E-state index contributed by atoms with van der Waals surface area (Å²) < 4.78 is 12.9. The van der Waals surface area contributed by atoms with Gasteiger partial charge >= 0.3 is 0 Å². The zero-order valence-corrected chi connectivity index (χ0v) is 21.7. The lowest BCUT2D eigenvalue weighted by molar-refractivity contribution is -0.0640. The van der Waals surface area contributed by atoms with Gasteiger partial charge in [-0.3, -0.25) is 4.79 Å². The molecule has 6 nitrogen and oxygen atoms in total. The fourth-order valence-corrected chi connectivity index (χ4v) is 6.72. The van der Waals surface area contributed by atoms with Crippen LogP contribution in [0.2, 0.25) is 10.0 Å². The first-order valence-electron chi connectivity index (χ1n) is 12.1. The van der Waals surface area contributed by atoms with Crippen molar-refractivity contribution >= 4 is 51.0 Å². The molecular weight excluding hydrogens is 519 g/mol. The van der Waals surface area contributed by atoms with Crippen LogP contribution in [0.5, 0.6) is 0 Å². The second-order valence-corrected chi connectivity index (χ2v) is 11.4. The number of nitrogens with zero attached hydrogens (tertiary/aromatic N) is 2. The van der Waals surface area contributed by atoms with Crippen LogP contribution in [0.25, 0.3) is 21.5 Å². The Morgan fingerprint density at radius 2 is 1.83 bits per heavy atom. The van der Waals surface area contributed by atoms with Crippen molar-refractivity contribution in [2.45, 2.75) is 62.8 Å². The van der Waals surface area contributed by atoms with Gasteiger partial charge in [-0.25, -0.2) is 4.98 Å². The van der Waals surface area contributed by atoms with Crippen LogP contribution in [0.1, 0.15) is 71.1 Å². The number of aromatic nitrogens is 2. The molecular formula is C27H24Cl2N2O4S. The molecule has 0 amide bonds. The molecule has 2 aliphatic carbocycles. The van der Waals surface area contributed by atoms with Gasteiger partial charge in [-0.1, -0.05) is 46.6 Å². The number of hydrogen-bond donors (Lipinski definition) is 1. The molecule has 0 saturated heterocycles. The van der Waals surface area contributed by atoms with Crippen LogP contribution in [0.15, 0.2) is 40.9 Å². The van der Waals surface area contributed by atoms with E-state index in [-0.39, 0.29) is 6.10 Å². The normalized spacial score (nSPS) is 22.2. The largest absolute Gasteiger partial charge is 0.383 e. The minimum absolute atomic E-state index is 0.0123. The van der Waals surface area contributed by atoms with Gasteiger partial charge in [0.2, 0.25) is 0 Å². The van der Waals surface area contributed by atoms with Crippen molar-refractivity contribution in [2.75, 3.05) is 0 Å². The predicted molar refractivity (Wildman–Crippen MR) is 140 cm³/mol. The van der Waals surface area contributed by atoms with Crippen molar-refractivity contribution in [2.24, 2.45) is 0 Å². The van der Waals surface area contributed by atoms with Crippen molar-refractivity contribution in [3.05, 3.63) is 68.3 Å². The van der Waals surface area contributed by atoms with Crippen molar-refractivity contribution < 1.29 is 19.2 Å². The molecule has 2 heterocycles. The van der Waals surface area contributed by atoms with Crippen molar-refractivity contribution in [1.29, 1.82) is 0 Å². The van der Waals surface area contributed by atoms with E-state index in [9.17, 15) is 9.90 Å². The van der Waals surface area contributed by atoms with Gasteiger partial charge in [0.1, 0.15) is 22.1 Å². The van der Waals surface area contributed by atoms with Crippen LogP contribution in [0.4, 0.5) is 0 Å². The van der Waals surface area contributed by atoms with Crippen LogP contribution in [0.3, 0.4) is 0 Å². The molecule has 6 rings (SSSR count). The van der Waals surface area contributed by atoms with E-state index in [1.807, 2.05) is 12.1 Å². The number of halogens is 2. The maximum atomic E-state index is 11.4. The number of ether oxygens (including phenoxy) is 1. The van der Waals surface area contributed by atoms with E-state index in [4.69, 9.17) is 32.5 Å². The standard InChI is InChI=1S/C27H24Cl2N2O4S/c28-19-4-2-5-20(29)22(19)23-18(24(35-31-23)15-7-8-15)14-34-17-9-11-27(33,12-10-17)26-30-21-6-1-3-16(13-32)25(21)36-26/h1-6,13,15,17,33H,7-12,14H2/t17-,27+. The number of aliphatic hydroxyl groups is 1. The van der Waals surface area contributed by atoms with Crippen LogP contribution in [-0.2, 0) is 16.9 Å². The highest BCUT2D eigenvalue weighted by atomic mass is 35.5. The molecule has 0 radical (unpaired) electrons. The fourth-order valence-electron chi connectivity index (χ4n) is 4.96. The number of thiazole rings is 1. The van der Waals surface area contributed by atoms with Gasteiger partial charge in [0.25, 0.3) is 0 Å². The number of hydrogen-bond acceptors (Lipinski definition) is 7. The highest BCUT2D eigenvalue weighted by molar-refractivity contribution is 7.19. The minimum Gasteiger partial charge on any atom is -0.383 e. The Bertz CT molecular complexity index is 1420. The SMILES string of the molecule is O=Cc1cccc2nc([C@]3(O)CC[C@@H](OCc4c(-c5c(Cl)cccc5Cl)noc4C4CC4)CC3)sc12. The molecule has 186 valence electrons. The number of rotatable bonds is 7. The first-order chi connectivity index (χ1) is 17.5. The lowest BCUT2D eigenvalue weighted by Crippen LogP contribution is -2.34. The summed E-state index contributed by atoms with van der Waals surface area (Å²) in [5.74, 6) is 1.21. The summed E-state index contributed by atoms with van der Waals surface area (Å²) in [6, 6.07) is 10.9. The Morgan fingerprint density at radius 1 is 1.11 bits per heavy atom. The summed E-state index contributed by atoms with van der Waals surface area (Å²) in [6.45, 7) is 0.346. The molecule has 0 unspecified atom stereocenters. The summed E-state index contributed by atoms with van der Waals surface area (Å²) >= 11 is 14.3. The lowest BCUT2D eigenvalue weighted by atomic mass is 9.83. The molecule has 0 atom stereocenters. The number of benzene rings is 2. The third-order valence-electron chi connectivity index (χ3n) is 7.16. The Kier molecular flexibility index (Phi) is 6.38. The van der Waals surface area contributed by atoms with Gasteiger partial charge in [0.15, 0.2) is 6.29 Å². The summed E-state index contributed by atoms with van der Waals surface area (Å²) in [4.78, 5) is 16.0. The fraction of sp³-hybridized carbons (Fsp3) is 0.370. The molecule has 2 fully saturated rings. The van der Waals surface area contributed by atoms with Crippen LogP contribution < -0.4 is 0 Å². The molecule has 0 bridgehead atoms. The average molecular weight is 543 g/mol. The molecule has 0 aliphatic heterocycles. The zero-order valence-electron chi connectivity index (χ0n) is 19.4.